The zero-order valence-electron chi connectivity index (χ0n) is 17.2. The van der Waals surface area contributed by atoms with Gasteiger partial charge in [-0.2, -0.15) is 0 Å². The van der Waals surface area contributed by atoms with E-state index in [1.807, 2.05) is 36.1 Å². The second-order valence-electron chi connectivity index (χ2n) is 8.12. The summed E-state index contributed by atoms with van der Waals surface area (Å²) < 4.78 is 6.78. The number of nitrogens with one attached hydrogen (secondary N) is 1. The first kappa shape index (κ1) is 19.2. The third kappa shape index (κ3) is 3.52. The Kier molecular flexibility index (Phi) is 4.90. The van der Waals surface area contributed by atoms with Gasteiger partial charge in [0.25, 0.3) is 5.56 Å². The average molecular weight is 394 g/mol. The van der Waals surface area contributed by atoms with Crippen molar-refractivity contribution in [2.45, 2.75) is 33.1 Å². The van der Waals surface area contributed by atoms with Crippen molar-refractivity contribution in [3.8, 4) is 17.0 Å². The molecule has 0 radical (unpaired) electrons. The number of likely N-dealkylation sites (tertiary alicyclic amines) is 1. The minimum atomic E-state index is -0.169. The normalized spacial score (nSPS) is 16.9. The maximum atomic E-state index is 12.8. The number of aromatic nitrogens is 3. The lowest BCUT2D eigenvalue weighted by atomic mass is 10.0. The van der Waals surface area contributed by atoms with Gasteiger partial charge < -0.3 is 9.64 Å². The Morgan fingerprint density at radius 1 is 1.28 bits per heavy atom. The van der Waals surface area contributed by atoms with Gasteiger partial charge in [-0.15, -0.1) is 0 Å². The summed E-state index contributed by atoms with van der Waals surface area (Å²) in [4.78, 5) is 31.8. The van der Waals surface area contributed by atoms with E-state index in [1.54, 1.807) is 13.2 Å². The summed E-state index contributed by atoms with van der Waals surface area (Å²) in [5.74, 6) is 1.24. The van der Waals surface area contributed by atoms with Gasteiger partial charge in [0.15, 0.2) is 5.65 Å². The molecule has 1 amide bonds. The van der Waals surface area contributed by atoms with E-state index in [2.05, 4.69) is 18.9 Å². The maximum absolute atomic E-state index is 12.8. The van der Waals surface area contributed by atoms with Crippen LogP contribution in [0.15, 0.2) is 35.1 Å². The highest BCUT2D eigenvalue weighted by Gasteiger charge is 2.32. The highest BCUT2D eigenvalue weighted by atomic mass is 16.5. The first-order valence-electron chi connectivity index (χ1n) is 9.92. The number of aromatic amines is 1. The van der Waals surface area contributed by atoms with Gasteiger partial charge in [0, 0.05) is 42.6 Å². The molecule has 3 heterocycles. The highest BCUT2D eigenvalue weighted by Crippen LogP contribution is 2.30. The van der Waals surface area contributed by atoms with E-state index in [1.165, 1.54) is 4.52 Å². The lowest BCUT2D eigenvalue weighted by molar-refractivity contribution is -0.128. The molecule has 1 aromatic carbocycles. The zero-order chi connectivity index (χ0) is 20.7. The van der Waals surface area contributed by atoms with Crippen molar-refractivity contribution >= 4 is 11.6 Å². The Bertz CT molecular complexity index is 1130. The summed E-state index contributed by atoms with van der Waals surface area (Å²) in [5, 5.41) is 3.17. The molecular weight excluding hydrogens is 368 g/mol. The fourth-order valence-electron chi connectivity index (χ4n) is 4.02. The first-order valence-corrected chi connectivity index (χ1v) is 9.92. The Labute approximate surface area is 169 Å². The summed E-state index contributed by atoms with van der Waals surface area (Å²) in [5.41, 5.74) is 3.76. The number of hydrogen-bond acceptors (Lipinski definition) is 4. The van der Waals surface area contributed by atoms with E-state index >= 15 is 0 Å². The van der Waals surface area contributed by atoms with Crippen molar-refractivity contribution in [1.29, 1.82) is 0 Å². The van der Waals surface area contributed by atoms with Crippen molar-refractivity contribution < 1.29 is 9.53 Å². The second-order valence-corrected chi connectivity index (χ2v) is 8.12. The number of benzene rings is 1. The van der Waals surface area contributed by atoms with Crippen molar-refractivity contribution in [3.63, 3.8) is 0 Å². The summed E-state index contributed by atoms with van der Waals surface area (Å²) in [6, 6.07) is 9.22. The van der Waals surface area contributed by atoms with Crippen LogP contribution >= 0.6 is 0 Å². The molecule has 1 unspecified atom stereocenters. The number of aryl methyl sites for hydroxylation is 1. The van der Waals surface area contributed by atoms with Crippen LogP contribution in [0, 0.1) is 12.8 Å². The average Bonchev–Trinajstić information content (AvgIpc) is 3.22. The molecule has 0 aliphatic carbocycles. The van der Waals surface area contributed by atoms with E-state index in [-0.39, 0.29) is 17.4 Å². The number of hydrogen-bond donors (Lipinski definition) is 1. The van der Waals surface area contributed by atoms with E-state index < -0.39 is 0 Å². The SMILES string of the molecule is COc1cccc(-c2[nH]n3c(=O)cc(C4CC(=O)N(CC(C)C)C4)nc3c2C)c1. The third-order valence-corrected chi connectivity index (χ3v) is 5.45. The molecule has 1 aliphatic rings. The lowest BCUT2D eigenvalue weighted by Gasteiger charge is -2.18. The number of amides is 1. The van der Waals surface area contributed by atoms with Crippen molar-refractivity contribution in [1.82, 2.24) is 19.5 Å². The molecule has 0 bridgehead atoms. The number of nitrogens with zero attached hydrogens (tertiary/aromatic N) is 3. The van der Waals surface area contributed by atoms with Crippen LogP contribution in [0.2, 0.25) is 0 Å². The van der Waals surface area contributed by atoms with Crippen LogP contribution in [0.5, 0.6) is 5.75 Å². The Morgan fingerprint density at radius 2 is 2.07 bits per heavy atom. The van der Waals surface area contributed by atoms with E-state index in [0.29, 0.717) is 30.2 Å². The van der Waals surface area contributed by atoms with Crippen LogP contribution in [-0.2, 0) is 4.79 Å². The van der Waals surface area contributed by atoms with Crippen molar-refractivity contribution in [2.24, 2.45) is 5.92 Å². The van der Waals surface area contributed by atoms with Crippen LogP contribution in [-0.4, -0.2) is 45.6 Å². The number of carbonyl (C=O) groups excluding carboxylic acids is 1. The molecule has 152 valence electrons. The molecule has 1 fully saturated rings. The second kappa shape index (κ2) is 7.39. The number of methoxy groups -OCH3 is 1. The monoisotopic (exact) mass is 394 g/mol. The molecule has 1 atom stereocenters. The third-order valence-electron chi connectivity index (χ3n) is 5.45. The molecule has 1 N–H and O–H groups in total. The smallest absolute Gasteiger partial charge is 0.272 e. The molecule has 4 rings (SSSR count). The predicted molar refractivity (Wildman–Crippen MR) is 111 cm³/mol. The number of rotatable bonds is 5. The largest absolute Gasteiger partial charge is 0.497 e. The van der Waals surface area contributed by atoms with Gasteiger partial charge in [-0.1, -0.05) is 26.0 Å². The topological polar surface area (TPSA) is 79.7 Å². The first-order chi connectivity index (χ1) is 13.9. The van der Waals surface area contributed by atoms with Crippen LogP contribution in [0.1, 0.15) is 37.4 Å². The molecule has 0 saturated carbocycles. The predicted octanol–water partition coefficient (Wildman–Crippen LogP) is 2.98. The molecule has 7 heteroatoms. The molecule has 3 aromatic rings. The van der Waals surface area contributed by atoms with Gasteiger partial charge >= 0.3 is 0 Å². The lowest BCUT2D eigenvalue weighted by Crippen LogP contribution is -2.29. The standard InChI is InChI=1S/C22H26N4O3/c1-13(2)11-25-12-16(9-19(25)27)18-10-20(28)26-22(23-18)14(3)21(24-26)15-6-5-7-17(8-15)29-4/h5-8,10,13,16,24H,9,11-12H2,1-4H3. The minimum Gasteiger partial charge on any atom is -0.497 e. The quantitative estimate of drug-likeness (QED) is 0.722. The molecule has 29 heavy (non-hydrogen) atoms. The van der Waals surface area contributed by atoms with Crippen LogP contribution in [0.3, 0.4) is 0 Å². The van der Waals surface area contributed by atoms with Gasteiger partial charge in [-0.3, -0.25) is 14.7 Å². The fraction of sp³-hybridized carbons (Fsp3) is 0.409. The Morgan fingerprint density at radius 3 is 2.79 bits per heavy atom. The van der Waals surface area contributed by atoms with Crippen LogP contribution < -0.4 is 10.3 Å². The van der Waals surface area contributed by atoms with Gasteiger partial charge in [-0.05, 0) is 25.0 Å². The van der Waals surface area contributed by atoms with E-state index in [4.69, 9.17) is 9.72 Å². The van der Waals surface area contributed by atoms with Crippen molar-refractivity contribution in [2.75, 3.05) is 20.2 Å². The Hall–Kier alpha value is -3.09. The maximum Gasteiger partial charge on any atom is 0.272 e. The van der Waals surface area contributed by atoms with Gasteiger partial charge in [-0.25, -0.2) is 9.50 Å². The van der Waals surface area contributed by atoms with Gasteiger partial charge in [0.1, 0.15) is 5.75 Å². The number of carbonyl (C=O) groups is 1. The summed E-state index contributed by atoms with van der Waals surface area (Å²) in [6.07, 6.45) is 0.404. The van der Waals surface area contributed by atoms with Crippen LogP contribution in [0.25, 0.3) is 16.9 Å². The summed E-state index contributed by atoms with van der Waals surface area (Å²) in [6.45, 7) is 7.49. The molecule has 0 spiro atoms. The minimum absolute atomic E-state index is 0.0477. The molecule has 2 aromatic heterocycles. The van der Waals surface area contributed by atoms with Gasteiger partial charge in [0.2, 0.25) is 5.91 Å². The summed E-state index contributed by atoms with van der Waals surface area (Å²) >= 11 is 0. The van der Waals surface area contributed by atoms with Gasteiger partial charge in [0.05, 0.1) is 18.5 Å². The van der Waals surface area contributed by atoms with E-state index in [0.717, 1.165) is 29.1 Å². The van der Waals surface area contributed by atoms with Crippen LogP contribution in [0.4, 0.5) is 0 Å². The zero-order valence-corrected chi connectivity index (χ0v) is 17.2. The number of fused-ring (bicyclic) bond motifs is 1. The number of H-pyrrole nitrogens is 1. The highest BCUT2D eigenvalue weighted by molar-refractivity contribution is 5.79. The molecule has 1 saturated heterocycles. The summed E-state index contributed by atoms with van der Waals surface area (Å²) in [7, 11) is 1.63. The number of ether oxygens (including phenoxy) is 1. The molecular formula is C22H26N4O3. The van der Waals surface area contributed by atoms with E-state index in [9.17, 15) is 9.59 Å². The fourth-order valence-corrected chi connectivity index (χ4v) is 4.02. The van der Waals surface area contributed by atoms with Crippen molar-refractivity contribution in [3.05, 3.63) is 51.9 Å². The Balaban J connectivity index is 1.73. The molecule has 1 aliphatic heterocycles. The molecule has 7 nitrogen and oxygen atoms in total.